The molecule has 1 saturated carbocycles. The van der Waals surface area contributed by atoms with E-state index in [9.17, 15) is 4.79 Å². The Bertz CT molecular complexity index is 481. The first-order chi connectivity index (χ1) is 8.81. The van der Waals surface area contributed by atoms with Crippen LogP contribution in [0.25, 0.3) is 0 Å². The fourth-order valence-electron chi connectivity index (χ4n) is 2.04. The maximum absolute atomic E-state index is 10.9. The summed E-state index contributed by atoms with van der Waals surface area (Å²) in [6.07, 6.45) is 3.85. The number of benzene rings is 1. The number of amides is 1. The van der Waals surface area contributed by atoms with Crippen LogP contribution in [-0.4, -0.2) is 19.0 Å². The van der Waals surface area contributed by atoms with Gasteiger partial charge in [0.25, 0.3) is 0 Å². The number of nitrogens with two attached hydrogens (primary N) is 1. The summed E-state index contributed by atoms with van der Waals surface area (Å²) in [5, 5.41) is 2.64. The maximum Gasteiger partial charge on any atom is 0.234 e. The maximum atomic E-state index is 10.9. The van der Waals surface area contributed by atoms with Gasteiger partial charge in [0.1, 0.15) is 0 Å². The van der Waals surface area contributed by atoms with E-state index in [0.29, 0.717) is 12.5 Å². The van der Waals surface area contributed by atoms with Crippen molar-refractivity contribution in [1.29, 1.82) is 0 Å². The third kappa shape index (κ3) is 3.12. The number of carbonyl (C=O) groups is 1. The van der Waals surface area contributed by atoms with Gasteiger partial charge in [0.15, 0.2) is 0 Å². The van der Waals surface area contributed by atoms with Gasteiger partial charge in [-0.15, -0.1) is 0 Å². The van der Waals surface area contributed by atoms with E-state index in [2.05, 4.69) is 29.3 Å². The SMILES string of the molecule is NCC(=O)NCC#Cc1ccccc1C1CCC1. The number of carbonyl (C=O) groups excluding carboxylic acids is 1. The second kappa shape index (κ2) is 6.23. The molecule has 1 fully saturated rings. The Morgan fingerprint density at radius 2 is 2.17 bits per heavy atom. The molecule has 0 radical (unpaired) electrons. The van der Waals surface area contributed by atoms with Crippen molar-refractivity contribution in [1.82, 2.24) is 5.32 Å². The van der Waals surface area contributed by atoms with Crippen molar-refractivity contribution in [2.24, 2.45) is 5.73 Å². The number of hydrogen-bond acceptors (Lipinski definition) is 2. The number of nitrogens with one attached hydrogen (secondary N) is 1. The smallest absolute Gasteiger partial charge is 0.234 e. The van der Waals surface area contributed by atoms with Gasteiger partial charge < -0.3 is 11.1 Å². The van der Waals surface area contributed by atoms with Crippen molar-refractivity contribution < 1.29 is 4.79 Å². The Morgan fingerprint density at radius 1 is 1.39 bits per heavy atom. The minimum atomic E-state index is -0.170. The Hall–Kier alpha value is -1.79. The zero-order valence-electron chi connectivity index (χ0n) is 10.4. The molecule has 18 heavy (non-hydrogen) atoms. The minimum absolute atomic E-state index is 0.0142. The third-order valence-corrected chi connectivity index (χ3v) is 3.29. The van der Waals surface area contributed by atoms with Crippen molar-refractivity contribution in [2.45, 2.75) is 25.2 Å². The lowest BCUT2D eigenvalue weighted by atomic mass is 9.78. The molecule has 3 nitrogen and oxygen atoms in total. The first-order valence-corrected chi connectivity index (χ1v) is 6.36. The average Bonchev–Trinajstić information content (AvgIpc) is 2.34. The van der Waals surface area contributed by atoms with Gasteiger partial charge in [0, 0.05) is 5.56 Å². The second-order valence-corrected chi connectivity index (χ2v) is 4.50. The topological polar surface area (TPSA) is 55.1 Å². The van der Waals surface area contributed by atoms with Crippen LogP contribution >= 0.6 is 0 Å². The molecule has 1 aromatic carbocycles. The van der Waals surface area contributed by atoms with Crippen molar-refractivity contribution >= 4 is 5.91 Å². The van der Waals surface area contributed by atoms with Gasteiger partial charge in [0.2, 0.25) is 5.91 Å². The highest BCUT2D eigenvalue weighted by molar-refractivity contribution is 5.77. The molecule has 0 saturated heterocycles. The van der Waals surface area contributed by atoms with E-state index in [1.807, 2.05) is 12.1 Å². The fourth-order valence-corrected chi connectivity index (χ4v) is 2.04. The summed E-state index contributed by atoms with van der Waals surface area (Å²) < 4.78 is 0. The summed E-state index contributed by atoms with van der Waals surface area (Å²) in [4.78, 5) is 10.9. The second-order valence-electron chi connectivity index (χ2n) is 4.50. The highest BCUT2D eigenvalue weighted by Gasteiger charge is 2.20. The van der Waals surface area contributed by atoms with Crippen LogP contribution < -0.4 is 11.1 Å². The van der Waals surface area contributed by atoms with Gasteiger partial charge in [-0.1, -0.05) is 36.5 Å². The fraction of sp³-hybridized carbons (Fsp3) is 0.400. The molecule has 94 valence electrons. The van der Waals surface area contributed by atoms with Crippen molar-refractivity contribution in [3.8, 4) is 11.8 Å². The summed E-state index contributed by atoms with van der Waals surface area (Å²) in [5.41, 5.74) is 7.63. The molecular formula is C15H18N2O. The van der Waals surface area contributed by atoms with Crippen LogP contribution in [-0.2, 0) is 4.79 Å². The predicted octanol–water partition coefficient (Wildman–Crippen LogP) is 1.38. The molecule has 1 aliphatic carbocycles. The van der Waals surface area contributed by atoms with Crippen molar-refractivity contribution in [2.75, 3.05) is 13.1 Å². The highest BCUT2D eigenvalue weighted by Crippen LogP contribution is 2.37. The summed E-state index contributed by atoms with van der Waals surface area (Å²) in [6.45, 7) is 0.370. The Morgan fingerprint density at radius 3 is 2.83 bits per heavy atom. The Kier molecular flexibility index (Phi) is 4.38. The van der Waals surface area contributed by atoms with Gasteiger partial charge >= 0.3 is 0 Å². The normalized spacial score (nSPS) is 14.3. The van der Waals surface area contributed by atoms with E-state index >= 15 is 0 Å². The molecule has 0 heterocycles. The number of rotatable bonds is 3. The van der Waals surface area contributed by atoms with E-state index in [1.54, 1.807) is 0 Å². The van der Waals surface area contributed by atoms with Gasteiger partial charge in [-0.05, 0) is 30.4 Å². The molecule has 1 aromatic rings. The van der Waals surface area contributed by atoms with Crippen LogP contribution in [0.2, 0.25) is 0 Å². The molecule has 0 atom stereocenters. The van der Waals surface area contributed by atoms with E-state index in [4.69, 9.17) is 5.73 Å². The quantitative estimate of drug-likeness (QED) is 0.787. The first-order valence-electron chi connectivity index (χ1n) is 6.36. The standard InChI is InChI=1S/C15H18N2O/c16-11-15(18)17-10-4-8-12-5-1-2-9-14(12)13-6-3-7-13/h1-2,5,9,13H,3,6-7,10-11,16H2,(H,17,18). The summed E-state index contributed by atoms with van der Waals surface area (Å²) in [6, 6.07) is 8.28. The predicted molar refractivity (Wildman–Crippen MR) is 72.0 cm³/mol. The van der Waals surface area contributed by atoms with E-state index in [-0.39, 0.29) is 12.5 Å². The van der Waals surface area contributed by atoms with Crippen LogP contribution in [0.5, 0.6) is 0 Å². The lowest BCUT2D eigenvalue weighted by Crippen LogP contribution is -2.30. The van der Waals surface area contributed by atoms with Crippen LogP contribution in [0.1, 0.15) is 36.3 Å². The molecule has 3 heteroatoms. The van der Waals surface area contributed by atoms with Gasteiger partial charge in [-0.25, -0.2) is 0 Å². The molecule has 0 unspecified atom stereocenters. The monoisotopic (exact) mass is 242 g/mol. The lowest BCUT2D eigenvalue weighted by molar-refractivity contribution is -0.119. The largest absolute Gasteiger partial charge is 0.344 e. The minimum Gasteiger partial charge on any atom is -0.344 e. The van der Waals surface area contributed by atoms with Crippen molar-refractivity contribution in [3.63, 3.8) is 0 Å². The van der Waals surface area contributed by atoms with Crippen LogP contribution in [0, 0.1) is 11.8 Å². The van der Waals surface area contributed by atoms with Gasteiger partial charge in [0.05, 0.1) is 13.1 Å². The average molecular weight is 242 g/mol. The Labute approximate surface area is 108 Å². The Balaban J connectivity index is 2.00. The molecule has 2 rings (SSSR count). The molecule has 0 spiro atoms. The molecule has 1 amide bonds. The van der Waals surface area contributed by atoms with E-state index in [1.165, 1.54) is 24.8 Å². The molecule has 3 N–H and O–H groups in total. The highest BCUT2D eigenvalue weighted by atomic mass is 16.1. The van der Waals surface area contributed by atoms with Crippen molar-refractivity contribution in [3.05, 3.63) is 35.4 Å². The molecular weight excluding hydrogens is 224 g/mol. The van der Waals surface area contributed by atoms with Gasteiger partial charge in [-0.2, -0.15) is 0 Å². The molecule has 0 aliphatic heterocycles. The van der Waals surface area contributed by atoms with Gasteiger partial charge in [-0.3, -0.25) is 4.79 Å². The lowest BCUT2D eigenvalue weighted by Gasteiger charge is -2.26. The van der Waals surface area contributed by atoms with E-state index in [0.717, 1.165) is 5.56 Å². The zero-order valence-corrected chi connectivity index (χ0v) is 10.4. The third-order valence-electron chi connectivity index (χ3n) is 3.29. The van der Waals surface area contributed by atoms with Crippen LogP contribution in [0.4, 0.5) is 0 Å². The number of hydrogen-bond donors (Lipinski definition) is 2. The zero-order chi connectivity index (χ0) is 12.8. The summed E-state index contributed by atoms with van der Waals surface area (Å²) >= 11 is 0. The molecule has 0 aromatic heterocycles. The van der Waals surface area contributed by atoms with Crippen LogP contribution in [0.3, 0.4) is 0 Å². The summed E-state index contributed by atoms with van der Waals surface area (Å²) in [7, 11) is 0. The van der Waals surface area contributed by atoms with E-state index < -0.39 is 0 Å². The first kappa shape index (κ1) is 12.7. The van der Waals surface area contributed by atoms with Crippen LogP contribution in [0.15, 0.2) is 24.3 Å². The molecule has 0 bridgehead atoms. The molecule has 1 aliphatic rings. The summed E-state index contributed by atoms with van der Waals surface area (Å²) in [5.74, 6) is 6.61.